The Balaban J connectivity index is 1.47. The first kappa shape index (κ1) is 19.0. The van der Waals surface area contributed by atoms with Crippen molar-refractivity contribution < 1.29 is 9.53 Å². The normalized spacial score (nSPS) is 19.4. The molecule has 1 fully saturated rings. The Morgan fingerprint density at radius 1 is 1.25 bits per heavy atom. The third-order valence-corrected chi connectivity index (χ3v) is 6.07. The number of fused-ring (bicyclic) bond motifs is 1. The molecular formula is C22H30N4O2. The number of carbonyl (C=O) groups excluding carboxylic acids is 1. The predicted molar refractivity (Wildman–Crippen MR) is 109 cm³/mol. The zero-order valence-corrected chi connectivity index (χ0v) is 16.9. The summed E-state index contributed by atoms with van der Waals surface area (Å²) in [5, 5.41) is 8.29. The highest BCUT2D eigenvalue weighted by atomic mass is 16.5. The van der Waals surface area contributed by atoms with Gasteiger partial charge in [0.05, 0.1) is 7.11 Å². The Hall–Kier alpha value is -2.34. The fourth-order valence-electron chi connectivity index (χ4n) is 4.49. The van der Waals surface area contributed by atoms with E-state index in [4.69, 9.17) is 4.74 Å². The van der Waals surface area contributed by atoms with Crippen LogP contribution in [0.3, 0.4) is 0 Å². The second-order valence-electron chi connectivity index (χ2n) is 7.88. The molecule has 0 spiro atoms. The summed E-state index contributed by atoms with van der Waals surface area (Å²) in [4.78, 5) is 15.1. The first-order valence-electron chi connectivity index (χ1n) is 10.4. The Morgan fingerprint density at radius 2 is 2.04 bits per heavy atom. The number of para-hydroxylation sites is 1. The number of aryl methyl sites for hydroxylation is 1. The monoisotopic (exact) mass is 382 g/mol. The number of nitrogens with one attached hydrogen (secondary N) is 1. The van der Waals surface area contributed by atoms with E-state index in [0.717, 1.165) is 68.6 Å². The van der Waals surface area contributed by atoms with E-state index in [2.05, 4.69) is 16.5 Å². The highest BCUT2D eigenvalue weighted by molar-refractivity contribution is 5.94. The lowest BCUT2D eigenvalue weighted by molar-refractivity contribution is 0.0716. The van der Waals surface area contributed by atoms with Gasteiger partial charge in [-0.2, -0.15) is 5.10 Å². The van der Waals surface area contributed by atoms with E-state index in [0.29, 0.717) is 11.7 Å². The van der Waals surface area contributed by atoms with Crippen LogP contribution in [0.1, 0.15) is 53.0 Å². The van der Waals surface area contributed by atoms with E-state index in [9.17, 15) is 4.79 Å². The average molecular weight is 383 g/mol. The summed E-state index contributed by atoms with van der Waals surface area (Å²) < 4.78 is 7.38. The summed E-state index contributed by atoms with van der Waals surface area (Å²) >= 11 is 0. The molecule has 1 aliphatic carbocycles. The van der Waals surface area contributed by atoms with Crippen molar-refractivity contribution in [3.8, 4) is 5.75 Å². The molecule has 2 aromatic rings. The van der Waals surface area contributed by atoms with Crippen molar-refractivity contribution >= 4 is 5.91 Å². The quantitative estimate of drug-likeness (QED) is 0.864. The molecule has 1 unspecified atom stereocenters. The molecule has 6 nitrogen and oxygen atoms in total. The van der Waals surface area contributed by atoms with Crippen LogP contribution in [0.2, 0.25) is 0 Å². The lowest BCUT2D eigenvalue weighted by Crippen LogP contribution is -2.38. The largest absolute Gasteiger partial charge is 0.496 e. The fraction of sp³-hybridized carbons (Fsp3) is 0.545. The predicted octanol–water partition coefficient (Wildman–Crippen LogP) is 2.70. The topological polar surface area (TPSA) is 59.4 Å². The Morgan fingerprint density at radius 3 is 2.82 bits per heavy atom. The summed E-state index contributed by atoms with van der Waals surface area (Å²) in [7, 11) is 3.67. The van der Waals surface area contributed by atoms with Crippen molar-refractivity contribution in [1.29, 1.82) is 0 Å². The summed E-state index contributed by atoms with van der Waals surface area (Å²) in [5.74, 6) is 1.02. The van der Waals surface area contributed by atoms with Crippen LogP contribution in [0.25, 0.3) is 0 Å². The maximum atomic E-state index is 13.1. The number of hydrogen-bond acceptors (Lipinski definition) is 4. The molecule has 0 bridgehead atoms. The number of carbonyl (C=O) groups is 1. The van der Waals surface area contributed by atoms with Crippen LogP contribution in [0.15, 0.2) is 24.3 Å². The van der Waals surface area contributed by atoms with Crippen LogP contribution in [0.4, 0.5) is 0 Å². The smallest absolute Gasteiger partial charge is 0.274 e. The van der Waals surface area contributed by atoms with Crippen LogP contribution in [0.5, 0.6) is 5.75 Å². The van der Waals surface area contributed by atoms with Gasteiger partial charge < -0.3 is 15.0 Å². The Kier molecular flexibility index (Phi) is 5.67. The first-order chi connectivity index (χ1) is 13.7. The number of likely N-dealkylation sites (tertiary alicyclic amines) is 1. The SMILES string of the molecule is COc1ccccc1CNC1CCc2c(c(C(=O)N3CCCCC3)nn2C)C1. The van der Waals surface area contributed by atoms with Gasteiger partial charge in [0.2, 0.25) is 0 Å². The number of rotatable bonds is 5. The first-order valence-corrected chi connectivity index (χ1v) is 10.4. The van der Waals surface area contributed by atoms with Crippen LogP contribution in [-0.4, -0.2) is 46.8 Å². The second-order valence-corrected chi connectivity index (χ2v) is 7.88. The molecule has 2 aliphatic rings. The Bertz CT molecular complexity index is 839. The summed E-state index contributed by atoms with van der Waals surface area (Å²) in [6.07, 6.45) is 6.29. The van der Waals surface area contributed by atoms with Crippen LogP contribution in [-0.2, 0) is 26.4 Å². The van der Waals surface area contributed by atoms with E-state index >= 15 is 0 Å². The maximum absolute atomic E-state index is 13.1. The van der Waals surface area contributed by atoms with Gasteiger partial charge >= 0.3 is 0 Å². The van der Waals surface area contributed by atoms with Gasteiger partial charge in [0.15, 0.2) is 5.69 Å². The number of methoxy groups -OCH3 is 1. The van der Waals surface area contributed by atoms with E-state index < -0.39 is 0 Å². The van der Waals surface area contributed by atoms with Gasteiger partial charge in [-0.25, -0.2) is 0 Å². The van der Waals surface area contributed by atoms with Crippen LogP contribution < -0.4 is 10.1 Å². The van der Waals surface area contributed by atoms with Crippen molar-refractivity contribution in [2.24, 2.45) is 7.05 Å². The number of ether oxygens (including phenoxy) is 1. The molecule has 2 heterocycles. The molecular weight excluding hydrogens is 352 g/mol. The minimum atomic E-state index is 0.113. The molecule has 28 heavy (non-hydrogen) atoms. The summed E-state index contributed by atoms with van der Waals surface area (Å²) in [6, 6.07) is 8.45. The number of hydrogen-bond donors (Lipinski definition) is 1. The molecule has 0 radical (unpaired) electrons. The van der Waals surface area contributed by atoms with Gasteiger partial charge in [0, 0.05) is 49.5 Å². The van der Waals surface area contributed by atoms with Crippen molar-refractivity contribution in [3.05, 3.63) is 46.8 Å². The maximum Gasteiger partial charge on any atom is 0.274 e. The molecule has 150 valence electrons. The molecule has 1 atom stereocenters. The van der Waals surface area contributed by atoms with Crippen molar-refractivity contribution in [2.75, 3.05) is 20.2 Å². The molecule has 1 aromatic heterocycles. The van der Waals surface area contributed by atoms with Gasteiger partial charge in [0.25, 0.3) is 5.91 Å². The van der Waals surface area contributed by atoms with Crippen LogP contribution in [0, 0.1) is 0 Å². The lowest BCUT2D eigenvalue weighted by atomic mass is 9.90. The molecule has 1 saturated heterocycles. The zero-order chi connectivity index (χ0) is 19.5. The third-order valence-electron chi connectivity index (χ3n) is 6.07. The number of amides is 1. The van der Waals surface area contributed by atoms with Crippen molar-refractivity contribution in [1.82, 2.24) is 20.0 Å². The van der Waals surface area contributed by atoms with Crippen molar-refractivity contribution in [2.45, 2.75) is 51.1 Å². The zero-order valence-electron chi connectivity index (χ0n) is 16.9. The fourth-order valence-corrected chi connectivity index (χ4v) is 4.49. The van der Waals surface area contributed by atoms with Crippen LogP contribution >= 0.6 is 0 Å². The minimum absolute atomic E-state index is 0.113. The van der Waals surface area contributed by atoms with Gasteiger partial charge in [-0.15, -0.1) is 0 Å². The van der Waals surface area contributed by atoms with Crippen molar-refractivity contribution in [3.63, 3.8) is 0 Å². The number of benzene rings is 1. The van der Waals surface area contributed by atoms with Gasteiger partial charge in [-0.1, -0.05) is 18.2 Å². The highest BCUT2D eigenvalue weighted by Gasteiger charge is 2.30. The highest BCUT2D eigenvalue weighted by Crippen LogP contribution is 2.27. The molecule has 4 rings (SSSR count). The number of aromatic nitrogens is 2. The molecule has 1 aliphatic heterocycles. The van der Waals surface area contributed by atoms with E-state index in [1.165, 1.54) is 12.1 Å². The molecule has 6 heteroatoms. The third kappa shape index (κ3) is 3.78. The summed E-state index contributed by atoms with van der Waals surface area (Å²) in [5.41, 5.74) is 4.19. The lowest BCUT2D eigenvalue weighted by Gasteiger charge is -2.28. The average Bonchev–Trinajstić information content (AvgIpc) is 3.08. The Labute approximate surface area is 166 Å². The number of piperidine rings is 1. The molecule has 1 amide bonds. The van der Waals surface area contributed by atoms with E-state index in [1.54, 1.807) is 7.11 Å². The standard InChI is InChI=1S/C22H30N4O2/c1-25-19-11-10-17(23-15-16-8-4-5-9-20(16)28-2)14-18(19)21(24-25)22(27)26-12-6-3-7-13-26/h4-5,8-9,17,23H,3,6-7,10-15H2,1-2H3. The molecule has 1 aromatic carbocycles. The molecule has 1 N–H and O–H groups in total. The van der Waals surface area contributed by atoms with Gasteiger partial charge in [0.1, 0.15) is 5.75 Å². The number of nitrogens with zero attached hydrogens (tertiary/aromatic N) is 3. The molecule has 0 saturated carbocycles. The second kappa shape index (κ2) is 8.35. The summed E-state index contributed by atoms with van der Waals surface area (Å²) in [6.45, 7) is 2.49. The van der Waals surface area contributed by atoms with E-state index in [1.807, 2.05) is 34.8 Å². The van der Waals surface area contributed by atoms with E-state index in [-0.39, 0.29) is 5.91 Å². The van der Waals surface area contributed by atoms with Gasteiger partial charge in [-0.05, 0) is 44.6 Å². The van der Waals surface area contributed by atoms with Gasteiger partial charge in [-0.3, -0.25) is 9.48 Å². The minimum Gasteiger partial charge on any atom is -0.496 e.